The molecule has 1 aliphatic rings. The van der Waals surface area contributed by atoms with Crippen molar-refractivity contribution in [1.82, 2.24) is 10.2 Å². The van der Waals surface area contributed by atoms with E-state index in [2.05, 4.69) is 15.5 Å². The van der Waals surface area contributed by atoms with E-state index in [-0.39, 0.29) is 6.03 Å². The Balaban J connectivity index is 1.66. The first-order chi connectivity index (χ1) is 8.74. The quantitative estimate of drug-likeness (QED) is 0.856. The number of carbonyl (C=O) groups excluding carboxylic acids is 1. The Morgan fingerprint density at radius 1 is 1.22 bits per heavy atom. The molecule has 0 aromatic heterocycles. The first-order valence-corrected chi connectivity index (χ1v) is 6.58. The summed E-state index contributed by atoms with van der Waals surface area (Å²) >= 11 is 0. The third-order valence-electron chi connectivity index (χ3n) is 3.22. The standard InChI is InChI=1S/C14H21N3O/c1-12-4-6-13(7-5-12)16-14(18)15-8-11-17-9-2-3-10-17/h4-7H,2-3,8-11H2,1H3,(H2,15,16,18). The molecule has 0 aliphatic carbocycles. The number of anilines is 1. The largest absolute Gasteiger partial charge is 0.337 e. The highest BCUT2D eigenvalue weighted by atomic mass is 16.2. The van der Waals surface area contributed by atoms with Crippen molar-refractivity contribution in [1.29, 1.82) is 0 Å². The maximum absolute atomic E-state index is 11.6. The molecule has 0 saturated carbocycles. The first kappa shape index (κ1) is 12.9. The fourth-order valence-electron chi connectivity index (χ4n) is 2.15. The Morgan fingerprint density at radius 3 is 2.56 bits per heavy atom. The second kappa shape index (κ2) is 6.40. The molecule has 2 N–H and O–H groups in total. The van der Waals surface area contributed by atoms with Gasteiger partial charge < -0.3 is 15.5 Å². The number of amides is 2. The molecule has 0 unspecified atom stereocenters. The lowest BCUT2D eigenvalue weighted by Gasteiger charge is -2.15. The molecule has 0 bridgehead atoms. The van der Waals surface area contributed by atoms with Gasteiger partial charge in [-0.05, 0) is 45.0 Å². The highest BCUT2D eigenvalue weighted by Crippen LogP contribution is 2.08. The molecule has 4 heteroatoms. The molecule has 4 nitrogen and oxygen atoms in total. The molecule has 0 spiro atoms. The molecule has 1 aliphatic heterocycles. The second-order valence-corrected chi connectivity index (χ2v) is 4.80. The maximum atomic E-state index is 11.6. The van der Waals surface area contributed by atoms with Crippen LogP contribution in [-0.2, 0) is 0 Å². The van der Waals surface area contributed by atoms with E-state index in [0.717, 1.165) is 12.2 Å². The van der Waals surface area contributed by atoms with Gasteiger partial charge in [0.25, 0.3) is 0 Å². The molecular formula is C14H21N3O. The van der Waals surface area contributed by atoms with Gasteiger partial charge in [0.1, 0.15) is 0 Å². The summed E-state index contributed by atoms with van der Waals surface area (Å²) in [7, 11) is 0. The molecule has 1 aromatic carbocycles. The van der Waals surface area contributed by atoms with Gasteiger partial charge in [-0.3, -0.25) is 0 Å². The summed E-state index contributed by atoms with van der Waals surface area (Å²) in [6.45, 7) is 6.02. The maximum Gasteiger partial charge on any atom is 0.319 e. The average Bonchev–Trinajstić information content (AvgIpc) is 2.85. The minimum atomic E-state index is -0.127. The molecule has 18 heavy (non-hydrogen) atoms. The molecule has 0 atom stereocenters. The van der Waals surface area contributed by atoms with Gasteiger partial charge >= 0.3 is 6.03 Å². The molecule has 1 fully saturated rings. The summed E-state index contributed by atoms with van der Waals surface area (Å²) in [5.74, 6) is 0. The summed E-state index contributed by atoms with van der Waals surface area (Å²) in [5, 5.41) is 5.71. The summed E-state index contributed by atoms with van der Waals surface area (Å²) in [6, 6.07) is 7.67. The Kier molecular flexibility index (Phi) is 4.59. The number of likely N-dealkylation sites (tertiary alicyclic amines) is 1. The molecule has 1 heterocycles. The van der Waals surface area contributed by atoms with Gasteiger partial charge in [0.2, 0.25) is 0 Å². The summed E-state index contributed by atoms with van der Waals surface area (Å²) < 4.78 is 0. The molecular weight excluding hydrogens is 226 g/mol. The van der Waals surface area contributed by atoms with Gasteiger partial charge in [0.15, 0.2) is 0 Å². The van der Waals surface area contributed by atoms with Crippen molar-refractivity contribution in [3.8, 4) is 0 Å². The van der Waals surface area contributed by atoms with Crippen LogP contribution in [0.2, 0.25) is 0 Å². The van der Waals surface area contributed by atoms with Crippen molar-refractivity contribution < 1.29 is 4.79 Å². The third kappa shape index (κ3) is 4.04. The number of rotatable bonds is 4. The first-order valence-electron chi connectivity index (χ1n) is 6.58. The fraction of sp³-hybridized carbons (Fsp3) is 0.500. The number of hydrogen-bond donors (Lipinski definition) is 2. The van der Waals surface area contributed by atoms with E-state index in [1.54, 1.807) is 0 Å². The van der Waals surface area contributed by atoms with Crippen molar-refractivity contribution in [3.63, 3.8) is 0 Å². The zero-order chi connectivity index (χ0) is 12.8. The van der Waals surface area contributed by atoms with Crippen LogP contribution in [0.15, 0.2) is 24.3 Å². The van der Waals surface area contributed by atoms with Gasteiger partial charge in [-0.25, -0.2) is 4.79 Å². The minimum absolute atomic E-state index is 0.127. The number of hydrogen-bond acceptors (Lipinski definition) is 2. The van der Waals surface area contributed by atoms with Gasteiger partial charge in [0, 0.05) is 18.8 Å². The Hall–Kier alpha value is -1.55. The van der Waals surface area contributed by atoms with E-state index < -0.39 is 0 Å². The van der Waals surface area contributed by atoms with Crippen LogP contribution in [0.3, 0.4) is 0 Å². The van der Waals surface area contributed by atoms with Crippen LogP contribution in [0.4, 0.5) is 10.5 Å². The van der Waals surface area contributed by atoms with Crippen LogP contribution in [0.5, 0.6) is 0 Å². The zero-order valence-electron chi connectivity index (χ0n) is 10.9. The molecule has 1 saturated heterocycles. The van der Waals surface area contributed by atoms with Gasteiger partial charge in [-0.1, -0.05) is 17.7 Å². The lowest BCUT2D eigenvalue weighted by atomic mass is 10.2. The molecule has 2 amide bonds. The second-order valence-electron chi connectivity index (χ2n) is 4.80. The third-order valence-corrected chi connectivity index (χ3v) is 3.22. The van der Waals surface area contributed by atoms with Crippen molar-refractivity contribution in [3.05, 3.63) is 29.8 Å². The molecule has 98 valence electrons. The Morgan fingerprint density at radius 2 is 1.89 bits per heavy atom. The lowest BCUT2D eigenvalue weighted by Crippen LogP contribution is -2.35. The number of nitrogens with one attached hydrogen (secondary N) is 2. The number of nitrogens with zero attached hydrogens (tertiary/aromatic N) is 1. The summed E-state index contributed by atoms with van der Waals surface area (Å²) in [4.78, 5) is 14.0. The lowest BCUT2D eigenvalue weighted by molar-refractivity contribution is 0.249. The van der Waals surface area contributed by atoms with Gasteiger partial charge in [0.05, 0.1) is 0 Å². The SMILES string of the molecule is Cc1ccc(NC(=O)NCCN2CCCC2)cc1. The van der Waals surface area contributed by atoms with E-state index in [1.807, 2.05) is 31.2 Å². The predicted molar refractivity (Wildman–Crippen MR) is 73.9 cm³/mol. The van der Waals surface area contributed by atoms with Crippen molar-refractivity contribution >= 4 is 11.7 Å². The number of urea groups is 1. The van der Waals surface area contributed by atoms with E-state index in [4.69, 9.17) is 0 Å². The van der Waals surface area contributed by atoms with Crippen LogP contribution < -0.4 is 10.6 Å². The van der Waals surface area contributed by atoms with Gasteiger partial charge in [-0.15, -0.1) is 0 Å². The highest BCUT2D eigenvalue weighted by Gasteiger charge is 2.10. The Labute approximate surface area is 108 Å². The van der Waals surface area contributed by atoms with E-state index in [0.29, 0.717) is 6.54 Å². The normalized spacial score (nSPS) is 15.6. The van der Waals surface area contributed by atoms with E-state index in [1.165, 1.54) is 31.5 Å². The predicted octanol–water partition coefficient (Wildman–Crippen LogP) is 2.21. The monoisotopic (exact) mass is 247 g/mol. The fourth-order valence-corrected chi connectivity index (χ4v) is 2.15. The van der Waals surface area contributed by atoms with E-state index in [9.17, 15) is 4.79 Å². The van der Waals surface area contributed by atoms with Gasteiger partial charge in [-0.2, -0.15) is 0 Å². The van der Waals surface area contributed by atoms with Crippen molar-refractivity contribution in [2.24, 2.45) is 0 Å². The molecule has 0 radical (unpaired) electrons. The summed E-state index contributed by atoms with van der Waals surface area (Å²) in [5.41, 5.74) is 2.02. The van der Waals surface area contributed by atoms with Crippen molar-refractivity contribution in [2.75, 3.05) is 31.5 Å². The Bertz CT molecular complexity index is 383. The number of aryl methyl sites for hydroxylation is 1. The average molecular weight is 247 g/mol. The smallest absolute Gasteiger partial charge is 0.319 e. The molecule has 1 aromatic rings. The van der Waals surface area contributed by atoms with Crippen LogP contribution in [0.25, 0.3) is 0 Å². The van der Waals surface area contributed by atoms with Crippen LogP contribution in [-0.4, -0.2) is 37.1 Å². The zero-order valence-corrected chi connectivity index (χ0v) is 10.9. The van der Waals surface area contributed by atoms with Crippen LogP contribution in [0.1, 0.15) is 18.4 Å². The van der Waals surface area contributed by atoms with Crippen LogP contribution >= 0.6 is 0 Å². The highest BCUT2D eigenvalue weighted by molar-refractivity contribution is 5.89. The van der Waals surface area contributed by atoms with E-state index >= 15 is 0 Å². The van der Waals surface area contributed by atoms with Crippen LogP contribution in [0, 0.1) is 6.92 Å². The topological polar surface area (TPSA) is 44.4 Å². The number of benzene rings is 1. The number of carbonyl (C=O) groups is 1. The molecule has 2 rings (SSSR count). The van der Waals surface area contributed by atoms with Crippen molar-refractivity contribution in [2.45, 2.75) is 19.8 Å². The summed E-state index contributed by atoms with van der Waals surface area (Å²) in [6.07, 6.45) is 2.57. The minimum Gasteiger partial charge on any atom is -0.337 e.